The third-order valence-corrected chi connectivity index (χ3v) is 5.99. The summed E-state index contributed by atoms with van der Waals surface area (Å²) in [7, 11) is 0. The van der Waals surface area contributed by atoms with Crippen LogP contribution in [0.2, 0.25) is 0 Å². The smallest absolute Gasteiger partial charge is 0.320 e. The zero-order valence-corrected chi connectivity index (χ0v) is 16.4. The van der Waals surface area contributed by atoms with Gasteiger partial charge in [0.25, 0.3) is 0 Å². The Hall–Kier alpha value is -2.08. The second kappa shape index (κ2) is 6.82. The third-order valence-electron chi connectivity index (χ3n) is 5.99. The Morgan fingerprint density at radius 2 is 1.81 bits per heavy atom. The molecule has 0 bridgehead atoms. The van der Waals surface area contributed by atoms with Gasteiger partial charge >= 0.3 is 6.03 Å². The molecule has 3 fully saturated rings. The SMILES string of the molecule is CC(C)(C)c1ccc(C2CN(C(=O)N3CC[C@@H]4OCC(=O)N[C@H]4C3)C2)cc1. The summed E-state index contributed by atoms with van der Waals surface area (Å²) in [4.78, 5) is 28.1. The fourth-order valence-corrected chi connectivity index (χ4v) is 4.17. The molecule has 2 atom stereocenters. The maximum atomic E-state index is 12.8. The number of hydrogen-bond acceptors (Lipinski definition) is 3. The summed E-state index contributed by atoms with van der Waals surface area (Å²) >= 11 is 0. The van der Waals surface area contributed by atoms with Gasteiger partial charge in [-0.2, -0.15) is 0 Å². The van der Waals surface area contributed by atoms with Gasteiger partial charge in [0.2, 0.25) is 5.91 Å². The van der Waals surface area contributed by atoms with E-state index in [1.807, 2.05) is 9.80 Å². The molecule has 1 aromatic rings. The summed E-state index contributed by atoms with van der Waals surface area (Å²) in [5, 5.41) is 2.95. The largest absolute Gasteiger partial charge is 0.366 e. The van der Waals surface area contributed by atoms with Crippen LogP contribution in [0.4, 0.5) is 4.79 Å². The molecule has 3 heterocycles. The molecule has 3 amide bonds. The molecule has 0 radical (unpaired) electrons. The van der Waals surface area contributed by atoms with Crippen molar-refractivity contribution in [3.8, 4) is 0 Å². The predicted octanol–water partition coefficient (Wildman–Crippen LogP) is 2.09. The number of piperidine rings is 1. The molecular formula is C21H29N3O3. The van der Waals surface area contributed by atoms with E-state index in [0.717, 1.165) is 19.5 Å². The first-order chi connectivity index (χ1) is 12.8. The average molecular weight is 371 g/mol. The van der Waals surface area contributed by atoms with Gasteiger partial charge in [0.1, 0.15) is 6.61 Å². The summed E-state index contributed by atoms with van der Waals surface area (Å²) in [6, 6.07) is 8.81. The zero-order chi connectivity index (χ0) is 19.2. The van der Waals surface area contributed by atoms with Gasteiger partial charge in [-0.05, 0) is 23.0 Å². The lowest BCUT2D eigenvalue weighted by Crippen LogP contribution is -2.63. The Bertz CT molecular complexity index is 719. The maximum absolute atomic E-state index is 12.8. The van der Waals surface area contributed by atoms with Crippen LogP contribution in [0.25, 0.3) is 0 Å². The van der Waals surface area contributed by atoms with E-state index in [9.17, 15) is 9.59 Å². The average Bonchev–Trinajstić information content (AvgIpc) is 2.59. The molecule has 0 spiro atoms. The Kier molecular flexibility index (Phi) is 4.62. The molecule has 1 N–H and O–H groups in total. The van der Waals surface area contributed by atoms with Crippen LogP contribution >= 0.6 is 0 Å². The topological polar surface area (TPSA) is 61.9 Å². The number of likely N-dealkylation sites (tertiary alicyclic amines) is 2. The van der Waals surface area contributed by atoms with Gasteiger partial charge in [-0.25, -0.2) is 4.79 Å². The number of carbonyl (C=O) groups is 2. The highest BCUT2D eigenvalue weighted by Crippen LogP contribution is 2.31. The highest BCUT2D eigenvalue weighted by molar-refractivity contribution is 5.79. The first kappa shape index (κ1) is 18.3. The highest BCUT2D eigenvalue weighted by Gasteiger charge is 2.40. The minimum absolute atomic E-state index is 0.0391. The van der Waals surface area contributed by atoms with E-state index < -0.39 is 0 Å². The molecule has 0 saturated carbocycles. The second-order valence-corrected chi connectivity index (χ2v) is 9.01. The molecule has 146 valence electrons. The Morgan fingerprint density at radius 3 is 2.48 bits per heavy atom. The molecule has 0 aromatic heterocycles. The number of rotatable bonds is 1. The Morgan fingerprint density at radius 1 is 1.11 bits per heavy atom. The van der Waals surface area contributed by atoms with Gasteiger partial charge in [-0.3, -0.25) is 4.79 Å². The summed E-state index contributed by atoms with van der Waals surface area (Å²) < 4.78 is 5.57. The van der Waals surface area contributed by atoms with Gasteiger partial charge in [0, 0.05) is 32.1 Å². The Balaban J connectivity index is 1.31. The number of carbonyl (C=O) groups excluding carboxylic acids is 2. The summed E-state index contributed by atoms with van der Waals surface area (Å²) in [5.41, 5.74) is 2.79. The van der Waals surface area contributed by atoms with Crippen LogP contribution in [0.5, 0.6) is 0 Å². The summed E-state index contributed by atoms with van der Waals surface area (Å²) in [6.07, 6.45) is 0.819. The van der Waals surface area contributed by atoms with Crippen molar-refractivity contribution >= 4 is 11.9 Å². The van der Waals surface area contributed by atoms with Crippen LogP contribution in [-0.2, 0) is 14.9 Å². The highest BCUT2D eigenvalue weighted by atomic mass is 16.5. The number of amides is 3. The Labute approximate surface area is 160 Å². The van der Waals surface area contributed by atoms with Crippen molar-refractivity contribution in [1.29, 1.82) is 0 Å². The number of benzene rings is 1. The van der Waals surface area contributed by atoms with Crippen LogP contribution in [-0.4, -0.2) is 66.7 Å². The minimum atomic E-state index is -0.0896. The third kappa shape index (κ3) is 3.68. The molecule has 4 rings (SSSR count). The van der Waals surface area contributed by atoms with E-state index in [2.05, 4.69) is 50.4 Å². The molecule has 27 heavy (non-hydrogen) atoms. The summed E-state index contributed by atoms with van der Waals surface area (Å²) in [6.45, 7) is 9.55. The van der Waals surface area contributed by atoms with E-state index in [1.165, 1.54) is 11.1 Å². The van der Waals surface area contributed by atoms with Crippen molar-refractivity contribution in [3.63, 3.8) is 0 Å². The molecule has 3 saturated heterocycles. The first-order valence-electron chi connectivity index (χ1n) is 9.86. The number of morpholine rings is 1. The van der Waals surface area contributed by atoms with Gasteiger partial charge in [0.05, 0.1) is 12.1 Å². The van der Waals surface area contributed by atoms with Crippen molar-refractivity contribution < 1.29 is 14.3 Å². The van der Waals surface area contributed by atoms with E-state index in [0.29, 0.717) is 19.0 Å². The van der Waals surface area contributed by atoms with E-state index >= 15 is 0 Å². The number of nitrogens with zero attached hydrogens (tertiary/aromatic N) is 2. The molecule has 3 aliphatic heterocycles. The normalized spacial score (nSPS) is 26.3. The van der Waals surface area contributed by atoms with E-state index in [-0.39, 0.29) is 36.1 Å². The number of nitrogens with one attached hydrogen (secondary N) is 1. The number of urea groups is 1. The zero-order valence-electron chi connectivity index (χ0n) is 16.4. The first-order valence-corrected chi connectivity index (χ1v) is 9.86. The number of ether oxygens (including phenoxy) is 1. The van der Waals surface area contributed by atoms with E-state index in [1.54, 1.807) is 0 Å². The lowest BCUT2D eigenvalue weighted by molar-refractivity contribution is -0.139. The van der Waals surface area contributed by atoms with E-state index in [4.69, 9.17) is 4.74 Å². The maximum Gasteiger partial charge on any atom is 0.320 e. The van der Waals surface area contributed by atoms with Gasteiger partial charge < -0.3 is 19.9 Å². The molecule has 6 heteroatoms. The monoisotopic (exact) mass is 371 g/mol. The fourth-order valence-electron chi connectivity index (χ4n) is 4.17. The molecule has 0 aliphatic carbocycles. The predicted molar refractivity (Wildman–Crippen MR) is 103 cm³/mol. The van der Waals surface area contributed by atoms with Crippen LogP contribution in [0.3, 0.4) is 0 Å². The molecule has 3 aliphatic rings. The standard InChI is InChI=1S/C21H29N3O3/c1-21(2,3)16-6-4-14(5-7-16)15-10-24(11-15)20(26)23-9-8-18-17(12-23)22-19(25)13-27-18/h4-7,15,17-18H,8-13H2,1-3H3,(H,22,25)/t17-,18-/m0/s1. The van der Waals surface area contributed by atoms with Gasteiger partial charge in [-0.15, -0.1) is 0 Å². The van der Waals surface area contributed by atoms with Crippen LogP contribution in [0.15, 0.2) is 24.3 Å². The lowest BCUT2D eigenvalue weighted by atomic mass is 9.84. The van der Waals surface area contributed by atoms with Crippen molar-refractivity contribution in [2.24, 2.45) is 0 Å². The van der Waals surface area contributed by atoms with Crippen LogP contribution in [0.1, 0.15) is 44.2 Å². The van der Waals surface area contributed by atoms with Crippen molar-refractivity contribution in [2.75, 3.05) is 32.8 Å². The minimum Gasteiger partial charge on any atom is -0.366 e. The molecular weight excluding hydrogens is 342 g/mol. The molecule has 1 aromatic carbocycles. The summed E-state index contributed by atoms with van der Waals surface area (Å²) in [5.74, 6) is 0.325. The second-order valence-electron chi connectivity index (χ2n) is 9.01. The van der Waals surface area contributed by atoms with Crippen LogP contribution < -0.4 is 5.32 Å². The van der Waals surface area contributed by atoms with Gasteiger partial charge in [0.15, 0.2) is 0 Å². The van der Waals surface area contributed by atoms with Gasteiger partial charge in [-0.1, -0.05) is 45.0 Å². The van der Waals surface area contributed by atoms with Crippen molar-refractivity contribution in [1.82, 2.24) is 15.1 Å². The van der Waals surface area contributed by atoms with Crippen LogP contribution in [0, 0.1) is 0 Å². The fraction of sp³-hybridized carbons (Fsp3) is 0.619. The number of fused-ring (bicyclic) bond motifs is 1. The molecule has 6 nitrogen and oxygen atoms in total. The number of hydrogen-bond donors (Lipinski definition) is 1. The van der Waals surface area contributed by atoms with Crippen molar-refractivity contribution in [2.45, 2.75) is 50.7 Å². The molecule has 0 unspecified atom stereocenters. The quantitative estimate of drug-likeness (QED) is 0.822. The van der Waals surface area contributed by atoms with Crippen molar-refractivity contribution in [3.05, 3.63) is 35.4 Å². The lowest BCUT2D eigenvalue weighted by Gasteiger charge is -2.46.